The number of methoxy groups -OCH3 is 3. The van der Waals surface area contributed by atoms with Gasteiger partial charge < -0.3 is 19.1 Å². The molecule has 0 N–H and O–H groups in total. The van der Waals surface area contributed by atoms with Crippen LogP contribution >= 0.6 is 0 Å². The van der Waals surface area contributed by atoms with E-state index in [0.29, 0.717) is 50.8 Å². The normalized spacial score (nSPS) is 20.7. The molecule has 0 unspecified atom stereocenters. The van der Waals surface area contributed by atoms with Gasteiger partial charge in [-0.25, -0.2) is 4.39 Å². The van der Waals surface area contributed by atoms with E-state index in [4.69, 9.17) is 14.2 Å². The molecule has 1 fully saturated rings. The lowest BCUT2D eigenvalue weighted by Crippen LogP contribution is -2.48. The van der Waals surface area contributed by atoms with Crippen molar-refractivity contribution in [2.45, 2.75) is 18.0 Å². The van der Waals surface area contributed by atoms with Gasteiger partial charge in [-0.1, -0.05) is 36.4 Å². The number of hydrogen-bond donors (Lipinski definition) is 0. The van der Waals surface area contributed by atoms with Gasteiger partial charge in [-0.3, -0.25) is 14.4 Å². The average molecular weight is 590 g/mol. The monoisotopic (exact) mass is 589 g/mol. The number of anilines is 1. The van der Waals surface area contributed by atoms with Gasteiger partial charge in [-0.05, 0) is 60.7 Å². The van der Waals surface area contributed by atoms with Gasteiger partial charge in [0.2, 0.25) is 0 Å². The third kappa shape index (κ3) is 3.70. The molecule has 0 bridgehead atoms. The third-order valence-electron chi connectivity index (χ3n) is 9.18. The molecule has 2 heterocycles. The highest BCUT2D eigenvalue weighted by Gasteiger charge is 2.72. The minimum absolute atomic E-state index is 0.306. The van der Waals surface area contributed by atoms with E-state index in [9.17, 15) is 18.8 Å². The van der Waals surface area contributed by atoms with Crippen molar-refractivity contribution < 1.29 is 33.0 Å². The molecule has 1 aliphatic carbocycles. The topological polar surface area (TPSA) is 82.1 Å². The standard InChI is InChI=1S/C36H28FNO6/c1-42-23-12-8-20(9-13-23)33(39)32-31(27-19-24(43-2)14-16-29(27)44-3)36(34(40)25-6-4-5-7-26(25)35(36)41)30-17-10-21-18-22(37)11-15-28(21)38(30)32/h4-19,30-32H,1-3H3/t30-,31-,32-/m1/s1. The van der Waals surface area contributed by atoms with E-state index in [-0.39, 0.29) is 17.3 Å². The fourth-order valence-corrected chi connectivity index (χ4v) is 7.30. The Bertz CT molecular complexity index is 1850. The Morgan fingerprint density at radius 3 is 2.09 bits per heavy atom. The van der Waals surface area contributed by atoms with E-state index < -0.39 is 29.2 Å². The fraction of sp³-hybridized carbons (Fsp3) is 0.194. The zero-order chi connectivity index (χ0) is 30.7. The number of Topliss-reactive ketones (excluding diaryl/α,β-unsaturated/α-hetero) is 3. The summed E-state index contributed by atoms with van der Waals surface area (Å²) in [7, 11) is 4.57. The molecule has 4 aromatic rings. The lowest BCUT2D eigenvalue weighted by atomic mass is 9.64. The van der Waals surface area contributed by atoms with Crippen LogP contribution in [-0.2, 0) is 0 Å². The highest BCUT2D eigenvalue weighted by atomic mass is 19.1. The summed E-state index contributed by atoms with van der Waals surface area (Å²) in [6.45, 7) is 0. The summed E-state index contributed by atoms with van der Waals surface area (Å²) in [6.07, 6.45) is 3.48. The van der Waals surface area contributed by atoms with Crippen LogP contribution in [0.4, 0.5) is 10.1 Å². The summed E-state index contributed by atoms with van der Waals surface area (Å²) in [6, 6.07) is 21.0. The Morgan fingerprint density at radius 2 is 1.45 bits per heavy atom. The smallest absolute Gasteiger partial charge is 0.185 e. The SMILES string of the molecule is COc1ccc(C(=O)[C@H]2[C@@H](c3cc(OC)ccc3OC)C3(C(=O)c4ccccc4C3=O)[C@H]3C=Cc4cc(F)ccc4N23)cc1. The highest BCUT2D eigenvalue weighted by Crippen LogP contribution is 2.62. The van der Waals surface area contributed by atoms with E-state index in [1.807, 2.05) is 4.90 Å². The molecule has 4 aromatic carbocycles. The first kappa shape index (κ1) is 27.6. The summed E-state index contributed by atoms with van der Waals surface area (Å²) >= 11 is 0. The number of hydrogen-bond acceptors (Lipinski definition) is 7. The zero-order valence-electron chi connectivity index (χ0n) is 24.2. The van der Waals surface area contributed by atoms with Crippen molar-refractivity contribution in [1.29, 1.82) is 0 Å². The molecule has 0 saturated carbocycles. The number of benzene rings is 4. The molecular weight excluding hydrogens is 561 g/mol. The van der Waals surface area contributed by atoms with Gasteiger partial charge in [-0.15, -0.1) is 0 Å². The molecule has 220 valence electrons. The van der Waals surface area contributed by atoms with E-state index >= 15 is 0 Å². The molecule has 2 aliphatic heterocycles. The fourth-order valence-electron chi connectivity index (χ4n) is 7.30. The summed E-state index contributed by atoms with van der Waals surface area (Å²) in [5, 5.41) is 0. The molecule has 0 aromatic heterocycles. The maximum Gasteiger partial charge on any atom is 0.185 e. The first-order chi connectivity index (χ1) is 21.3. The number of rotatable bonds is 6. The Morgan fingerprint density at radius 1 is 0.795 bits per heavy atom. The van der Waals surface area contributed by atoms with Gasteiger partial charge in [0.05, 0.1) is 27.4 Å². The Hall–Kier alpha value is -5.24. The minimum Gasteiger partial charge on any atom is -0.497 e. The van der Waals surface area contributed by atoms with Gasteiger partial charge in [0.15, 0.2) is 17.3 Å². The first-order valence-corrected chi connectivity index (χ1v) is 14.2. The number of carbonyl (C=O) groups is 3. The number of ether oxygens (including phenoxy) is 3. The lowest BCUT2D eigenvalue weighted by Gasteiger charge is -2.37. The summed E-state index contributed by atoms with van der Waals surface area (Å²) in [5.41, 5.74) is 0.814. The summed E-state index contributed by atoms with van der Waals surface area (Å²) < 4.78 is 31.2. The van der Waals surface area contributed by atoms with E-state index in [0.717, 1.165) is 0 Å². The van der Waals surface area contributed by atoms with Crippen LogP contribution in [0.5, 0.6) is 17.2 Å². The van der Waals surface area contributed by atoms with Crippen LogP contribution in [0, 0.1) is 11.2 Å². The number of carbonyl (C=O) groups excluding carboxylic acids is 3. The maximum absolute atomic E-state index is 14.9. The molecule has 3 aliphatic rings. The first-order valence-electron chi connectivity index (χ1n) is 14.2. The van der Waals surface area contributed by atoms with Gasteiger partial charge >= 0.3 is 0 Å². The van der Waals surface area contributed by atoms with Gasteiger partial charge in [0, 0.05) is 39.4 Å². The van der Waals surface area contributed by atoms with Crippen LogP contribution < -0.4 is 19.1 Å². The second-order valence-corrected chi connectivity index (χ2v) is 11.1. The molecule has 1 spiro atoms. The van der Waals surface area contributed by atoms with E-state index in [1.54, 1.807) is 92.1 Å². The largest absolute Gasteiger partial charge is 0.497 e. The summed E-state index contributed by atoms with van der Waals surface area (Å²) in [5.74, 6) is -1.05. The van der Waals surface area contributed by atoms with Gasteiger partial charge in [0.25, 0.3) is 0 Å². The molecule has 1 saturated heterocycles. The Balaban J connectivity index is 1.57. The quantitative estimate of drug-likeness (QED) is 0.197. The zero-order valence-corrected chi connectivity index (χ0v) is 24.2. The number of fused-ring (bicyclic) bond motifs is 5. The molecule has 44 heavy (non-hydrogen) atoms. The average Bonchev–Trinajstić information content (AvgIpc) is 3.49. The lowest BCUT2D eigenvalue weighted by molar-refractivity contribution is 0.0664. The van der Waals surface area contributed by atoms with E-state index in [1.165, 1.54) is 26.4 Å². The number of ketones is 3. The highest BCUT2D eigenvalue weighted by molar-refractivity contribution is 6.32. The van der Waals surface area contributed by atoms with Crippen LogP contribution in [-0.4, -0.2) is 50.8 Å². The van der Waals surface area contributed by atoms with Crippen molar-refractivity contribution in [3.63, 3.8) is 0 Å². The minimum atomic E-state index is -1.74. The van der Waals surface area contributed by atoms with Crippen molar-refractivity contribution in [2.75, 3.05) is 26.2 Å². The van der Waals surface area contributed by atoms with Crippen molar-refractivity contribution in [2.24, 2.45) is 5.41 Å². The maximum atomic E-state index is 14.9. The van der Waals surface area contributed by atoms with Gasteiger partial charge in [0.1, 0.15) is 34.5 Å². The van der Waals surface area contributed by atoms with Gasteiger partial charge in [-0.2, -0.15) is 0 Å². The predicted molar refractivity (Wildman–Crippen MR) is 163 cm³/mol. The van der Waals surface area contributed by atoms with Crippen molar-refractivity contribution in [3.8, 4) is 17.2 Å². The summed E-state index contributed by atoms with van der Waals surface area (Å²) in [4.78, 5) is 46.4. The Kier molecular flexibility index (Phi) is 6.39. The van der Waals surface area contributed by atoms with E-state index in [2.05, 4.69) is 0 Å². The van der Waals surface area contributed by atoms with Crippen molar-refractivity contribution in [1.82, 2.24) is 0 Å². The predicted octanol–water partition coefficient (Wildman–Crippen LogP) is 6.17. The van der Waals surface area contributed by atoms with Crippen LogP contribution in [0.2, 0.25) is 0 Å². The molecule has 7 nitrogen and oxygen atoms in total. The molecule has 8 heteroatoms. The Labute approximate surface area is 253 Å². The molecule has 0 radical (unpaired) electrons. The third-order valence-corrected chi connectivity index (χ3v) is 9.18. The second kappa shape index (κ2) is 10.2. The van der Waals surface area contributed by atoms with Crippen LogP contribution in [0.1, 0.15) is 48.1 Å². The molecular formula is C36H28FNO6. The van der Waals surface area contributed by atoms with Crippen LogP contribution in [0.15, 0.2) is 91.0 Å². The van der Waals surface area contributed by atoms with Crippen LogP contribution in [0.25, 0.3) is 6.08 Å². The molecule has 7 rings (SSSR count). The molecule has 0 amide bonds. The number of nitrogens with zero attached hydrogens (tertiary/aromatic N) is 1. The van der Waals surface area contributed by atoms with Crippen molar-refractivity contribution in [3.05, 3.63) is 125 Å². The molecule has 3 atom stereocenters. The van der Waals surface area contributed by atoms with Crippen molar-refractivity contribution >= 4 is 29.1 Å². The second-order valence-electron chi connectivity index (χ2n) is 11.1. The number of halogens is 1. The van der Waals surface area contributed by atoms with Crippen LogP contribution in [0.3, 0.4) is 0 Å².